The summed E-state index contributed by atoms with van der Waals surface area (Å²) in [5.74, 6) is 1.70. The van der Waals surface area contributed by atoms with Crippen molar-refractivity contribution in [2.24, 2.45) is 5.92 Å². The fourth-order valence-corrected chi connectivity index (χ4v) is 2.94. The van der Waals surface area contributed by atoms with E-state index in [9.17, 15) is 0 Å². The van der Waals surface area contributed by atoms with Gasteiger partial charge in [-0.2, -0.15) is 5.10 Å². The van der Waals surface area contributed by atoms with Crippen molar-refractivity contribution >= 4 is 5.82 Å². The monoisotopic (exact) mass is 300 g/mol. The number of nitrogens with one attached hydrogen (secondary N) is 2. The number of fused-ring (bicyclic) bond motifs is 1. The summed E-state index contributed by atoms with van der Waals surface area (Å²) >= 11 is 0. The van der Waals surface area contributed by atoms with Gasteiger partial charge in [0.1, 0.15) is 5.82 Å². The molecule has 0 saturated carbocycles. The van der Waals surface area contributed by atoms with Crippen LogP contribution in [0.15, 0.2) is 30.3 Å². The fourth-order valence-electron chi connectivity index (χ4n) is 2.94. The number of ether oxygens (including phenoxy) is 1. The number of rotatable bonds is 6. The van der Waals surface area contributed by atoms with Crippen LogP contribution in [0.4, 0.5) is 5.82 Å². The van der Waals surface area contributed by atoms with Crippen LogP contribution in [0.25, 0.3) is 0 Å². The molecule has 118 valence electrons. The Labute approximate surface area is 131 Å². The smallest absolute Gasteiger partial charge is 0.124 e. The first-order chi connectivity index (χ1) is 10.7. The minimum atomic E-state index is 0.564. The lowest BCUT2D eigenvalue weighted by molar-refractivity contribution is 0.185. The molecule has 0 saturated heterocycles. The quantitative estimate of drug-likeness (QED) is 0.858. The van der Waals surface area contributed by atoms with Crippen molar-refractivity contribution in [1.29, 1.82) is 0 Å². The number of methoxy groups -OCH3 is 1. The molecule has 22 heavy (non-hydrogen) atoms. The second-order valence-corrected chi connectivity index (χ2v) is 5.98. The number of benzene rings is 1. The minimum absolute atomic E-state index is 0.564. The summed E-state index contributed by atoms with van der Waals surface area (Å²) in [5.41, 5.74) is 3.60. The summed E-state index contributed by atoms with van der Waals surface area (Å²) in [6.45, 7) is 6.56. The van der Waals surface area contributed by atoms with Crippen LogP contribution in [0, 0.1) is 12.8 Å². The Morgan fingerprint density at radius 2 is 2.23 bits per heavy atom. The molecule has 3 rings (SSSR count). The zero-order valence-corrected chi connectivity index (χ0v) is 13.3. The SMILES string of the molecule is COCc1cccc(CNC[C@H]2CNc3cc(C)nn3C2)c1. The Morgan fingerprint density at radius 1 is 1.36 bits per heavy atom. The lowest BCUT2D eigenvalue weighted by atomic mass is 10.1. The average Bonchev–Trinajstić information content (AvgIpc) is 2.87. The van der Waals surface area contributed by atoms with Crippen LogP contribution in [-0.2, 0) is 24.4 Å². The number of aryl methyl sites for hydroxylation is 1. The van der Waals surface area contributed by atoms with E-state index in [0.717, 1.165) is 37.7 Å². The molecule has 0 bridgehead atoms. The van der Waals surface area contributed by atoms with Gasteiger partial charge in [-0.05, 0) is 18.1 Å². The van der Waals surface area contributed by atoms with E-state index in [2.05, 4.69) is 50.7 Å². The lowest BCUT2D eigenvalue weighted by Gasteiger charge is -2.25. The molecule has 1 aliphatic heterocycles. The van der Waals surface area contributed by atoms with Gasteiger partial charge in [-0.15, -0.1) is 0 Å². The fraction of sp³-hybridized carbons (Fsp3) is 0.471. The van der Waals surface area contributed by atoms with Crippen LogP contribution < -0.4 is 10.6 Å². The summed E-state index contributed by atoms with van der Waals surface area (Å²) < 4.78 is 7.25. The number of aromatic nitrogens is 2. The number of nitrogens with zero attached hydrogens (tertiary/aromatic N) is 2. The van der Waals surface area contributed by atoms with Gasteiger partial charge in [0.15, 0.2) is 0 Å². The van der Waals surface area contributed by atoms with E-state index in [0.29, 0.717) is 12.5 Å². The number of anilines is 1. The third kappa shape index (κ3) is 3.67. The normalized spacial score (nSPS) is 17.1. The lowest BCUT2D eigenvalue weighted by Crippen LogP contribution is -2.35. The van der Waals surface area contributed by atoms with E-state index in [1.54, 1.807) is 7.11 Å². The molecule has 2 heterocycles. The summed E-state index contributed by atoms with van der Waals surface area (Å²) in [4.78, 5) is 0. The van der Waals surface area contributed by atoms with Crippen LogP contribution in [0.1, 0.15) is 16.8 Å². The standard InChI is InChI=1S/C17H24N4O/c1-13-6-17-19-10-16(11-21(17)20-13)9-18-8-14-4-3-5-15(7-14)12-22-2/h3-7,16,18-19H,8-12H2,1-2H3/t16-/m0/s1. The maximum Gasteiger partial charge on any atom is 0.124 e. The highest BCUT2D eigenvalue weighted by Gasteiger charge is 2.18. The molecule has 0 amide bonds. The van der Waals surface area contributed by atoms with Gasteiger partial charge in [0.05, 0.1) is 12.3 Å². The Hall–Kier alpha value is -1.85. The van der Waals surface area contributed by atoms with Crippen molar-refractivity contribution in [2.75, 3.05) is 25.5 Å². The molecule has 2 aromatic rings. The van der Waals surface area contributed by atoms with Crippen molar-refractivity contribution in [3.05, 3.63) is 47.2 Å². The largest absolute Gasteiger partial charge is 0.380 e. The summed E-state index contributed by atoms with van der Waals surface area (Å²) in [5, 5.41) is 11.5. The molecule has 2 N–H and O–H groups in total. The van der Waals surface area contributed by atoms with Gasteiger partial charge < -0.3 is 15.4 Å². The Kier molecular flexibility index (Phi) is 4.75. The zero-order chi connectivity index (χ0) is 15.4. The van der Waals surface area contributed by atoms with Gasteiger partial charge in [0.25, 0.3) is 0 Å². The molecular weight excluding hydrogens is 276 g/mol. The Morgan fingerprint density at radius 3 is 3.09 bits per heavy atom. The molecule has 1 atom stereocenters. The van der Waals surface area contributed by atoms with Gasteiger partial charge in [0, 0.05) is 45.3 Å². The average molecular weight is 300 g/mol. The van der Waals surface area contributed by atoms with E-state index in [1.807, 2.05) is 6.92 Å². The highest BCUT2D eigenvalue weighted by atomic mass is 16.5. The second kappa shape index (κ2) is 6.94. The van der Waals surface area contributed by atoms with E-state index < -0.39 is 0 Å². The summed E-state index contributed by atoms with van der Waals surface area (Å²) in [7, 11) is 1.73. The zero-order valence-electron chi connectivity index (χ0n) is 13.3. The molecule has 0 radical (unpaired) electrons. The predicted octanol–water partition coefficient (Wildman–Crippen LogP) is 2.17. The maximum atomic E-state index is 5.18. The number of hydrogen-bond donors (Lipinski definition) is 2. The van der Waals surface area contributed by atoms with E-state index >= 15 is 0 Å². The van der Waals surface area contributed by atoms with Crippen molar-refractivity contribution in [1.82, 2.24) is 15.1 Å². The number of hydrogen-bond acceptors (Lipinski definition) is 4. The molecule has 1 aliphatic rings. The molecule has 0 unspecified atom stereocenters. The molecule has 1 aromatic carbocycles. The van der Waals surface area contributed by atoms with Gasteiger partial charge in [0.2, 0.25) is 0 Å². The Bertz CT molecular complexity index is 623. The first kappa shape index (κ1) is 15.1. The van der Waals surface area contributed by atoms with Crippen LogP contribution >= 0.6 is 0 Å². The highest BCUT2D eigenvalue weighted by molar-refractivity contribution is 5.38. The van der Waals surface area contributed by atoms with E-state index in [-0.39, 0.29) is 0 Å². The molecule has 0 fully saturated rings. The van der Waals surface area contributed by atoms with Gasteiger partial charge >= 0.3 is 0 Å². The van der Waals surface area contributed by atoms with Crippen LogP contribution in [0.3, 0.4) is 0 Å². The maximum absolute atomic E-state index is 5.18. The third-order valence-electron chi connectivity index (χ3n) is 3.97. The summed E-state index contributed by atoms with van der Waals surface area (Å²) in [6, 6.07) is 10.6. The van der Waals surface area contributed by atoms with Crippen molar-refractivity contribution < 1.29 is 4.74 Å². The molecule has 5 heteroatoms. The topological polar surface area (TPSA) is 51.1 Å². The summed E-state index contributed by atoms with van der Waals surface area (Å²) in [6.07, 6.45) is 0. The van der Waals surface area contributed by atoms with Gasteiger partial charge in [-0.1, -0.05) is 24.3 Å². The van der Waals surface area contributed by atoms with Crippen LogP contribution in [-0.4, -0.2) is 30.0 Å². The molecule has 1 aromatic heterocycles. The van der Waals surface area contributed by atoms with Crippen LogP contribution in [0.5, 0.6) is 0 Å². The molecular formula is C17H24N4O. The van der Waals surface area contributed by atoms with E-state index in [1.165, 1.54) is 11.1 Å². The first-order valence-electron chi connectivity index (χ1n) is 7.80. The highest BCUT2D eigenvalue weighted by Crippen LogP contribution is 2.18. The molecule has 5 nitrogen and oxygen atoms in total. The van der Waals surface area contributed by atoms with Crippen LogP contribution in [0.2, 0.25) is 0 Å². The second-order valence-electron chi connectivity index (χ2n) is 5.98. The van der Waals surface area contributed by atoms with Crippen molar-refractivity contribution in [2.45, 2.75) is 26.6 Å². The van der Waals surface area contributed by atoms with Gasteiger partial charge in [-0.3, -0.25) is 0 Å². The molecule has 0 spiro atoms. The first-order valence-corrected chi connectivity index (χ1v) is 7.80. The van der Waals surface area contributed by atoms with Crippen molar-refractivity contribution in [3.63, 3.8) is 0 Å². The predicted molar refractivity (Wildman–Crippen MR) is 87.8 cm³/mol. The Balaban J connectivity index is 1.48. The minimum Gasteiger partial charge on any atom is -0.380 e. The third-order valence-corrected chi connectivity index (χ3v) is 3.97. The van der Waals surface area contributed by atoms with Gasteiger partial charge in [-0.25, -0.2) is 4.68 Å². The van der Waals surface area contributed by atoms with E-state index in [4.69, 9.17) is 4.74 Å². The van der Waals surface area contributed by atoms with Crippen molar-refractivity contribution in [3.8, 4) is 0 Å². The molecule has 0 aliphatic carbocycles.